The fourth-order valence-electron chi connectivity index (χ4n) is 1.97. The van der Waals surface area contributed by atoms with E-state index >= 15 is 0 Å². The lowest BCUT2D eigenvalue weighted by molar-refractivity contribution is -0.117. The van der Waals surface area contributed by atoms with Gasteiger partial charge in [-0.1, -0.05) is 6.92 Å². The topological polar surface area (TPSA) is 35.5 Å². The largest absolute Gasteiger partial charge is 0.349 e. The van der Waals surface area contributed by atoms with Crippen molar-refractivity contribution in [3.05, 3.63) is 0 Å². The van der Waals surface area contributed by atoms with Crippen molar-refractivity contribution >= 4 is 5.78 Å². The Balaban J connectivity index is 2.43. The van der Waals surface area contributed by atoms with Crippen LogP contribution in [0.5, 0.6) is 0 Å². The second kappa shape index (κ2) is 4.41. The Labute approximate surface area is 85.8 Å². The highest BCUT2D eigenvalue weighted by Crippen LogP contribution is 2.31. The summed E-state index contributed by atoms with van der Waals surface area (Å²) in [6, 6.07) is 0. The van der Waals surface area contributed by atoms with Crippen molar-refractivity contribution in [1.82, 2.24) is 0 Å². The highest BCUT2D eigenvalue weighted by molar-refractivity contribution is 5.75. The summed E-state index contributed by atoms with van der Waals surface area (Å²) in [6.07, 6.45) is 1.63. The van der Waals surface area contributed by atoms with E-state index in [0.717, 1.165) is 6.42 Å². The predicted molar refractivity (Wildman–Crippen MR) is 54.0 cm³/mol. The average molecular weight is 200 g/mol. The Kier molecular flexibility index (Phi) is 3.67. The molecule has 0 amide bonds. The Morgan fingerprint density at radius 3 is 2.64 bits per heavy atom. The van der Waals surface area contributed by atoms with E-state index in [9.17, 15) is 4.79 Å². The van der Waals surface area contributed by atoms with Gasteiger partial charge in [-0.2, -0.15) is 0 Å². The molecule has 1 saturated heterocycles. The molecule has 82 valence electrons. The van der Waals surface area contributed by atoms with Gasteiger partial charge in [0, 0.05) is 6.42 Å². The van der Waals surface area contributed by atoms with Crippen LogP contribution in [0.15, 0.2) is 0 Å². The van der Waals surface area contributed by atoms with Gasteiger partial charge in [-0.05, 0) is 33.1 Å². The van der Waals surface area contributed by atoms with Crippen LogP contribution in [0.3, 0.4) is 0 Å². The van der Waals surface area contributed by atoms with Gasteiger partial charge < -0.3 is 14.3 Å². The third-order valence-corrected chi connectivity index (χ3v) is 2.83. The number of carbonyl (C=O) groups is 1. The van der Waals surface area contributed by atoms with Gasteiger partial charge in [0.15, 0.2) is 0 Å². The zero-order valence-electron chi connectivity index (χ0n) is 9.50. The molecule has 1 rings (SSSR count). The molecule has 0 spiro atoms. The molecule has 0 bridgehead atoms. The highest BCUT2D eigenvalue weighted by atomic mass is 16.7. The van der Waals surface area contributed by atoms with E-state index in [4.69, 9.17) is 9.47 Å². The molecule has 1 fully saturated rings. The lowest BCUT2D eigenvalue weighted by Gasteiger charge is -2.28. The summed E-state index contributed by atoms with van der Waals surface area (Å²) in [5.74, 6) is 0.616. The molecule has 3 nitrogen and oxygen atoms in total. The first-order valence-corrected chi connectivity index (χ1v) is 5.18. The van der Waals surface area contributed by atoms with E-state index in [1.165, 1.54) is 0 Å². The van der Waals surface area contributed by atoms with Gasteiger partial charge in [0.2, 0.25) is 0 Å². The summed E-state index contributed by atoms with van der Waals surface area (Å²) < 4.78 is 11.0. The number of hydrogen-bond acceptors (Lipinski definition) is 3. The number of carbonyl (C=O) groups excluding carboxylic acids is 1. The zero-order chi connectivity index (χ0) is 10.8. The molecule has 0 aliphatic carbocycles. The Bertz CT molecular complexity index is 211. The Morgan fingerprint density at radius 2 is 2.21 bits per heavy atom. The first-order chi connectivity index (χ1) is 6.43. The van der Waals surface area contributed by atoms with Gasteiger partial charge in [0.25, 0.3) is 0 Å². The van der Waals surface area contributed by atoms with Gasteiger partial charge >= 0.3 is 0 Å². The van der Waals surface area contributed by atoms with Gasteiger partial charge in [-0.15, -0.1) is 0 Å². The molecule has 0 radical (unpaired) electrons. The minimum Gasteiger partial charge on any atom is -0.349 e. The van der Waals surface area contributed by atoms with Gasteiger partial charge in [-0.3, -0.25) is 0 Å². The molecular formula is C11H20O3. The van der Waals surface area contributed by atoms with E-state index in [1.807, 2.05) is 13.8 Å². The van der Waals surface area contributed by atoms with E-state index in [-0.39, 0.29) is 17.5 Å². The first kappa shape index (κ1) is 11.7. The van der Waals surface area contributed by atoms with E-state index in [1.54, 1.807) is 6.92 Å². The van der Waals surface area contributed by atoms with E-state index in [0.29, 0.717) is 19.1 Å². The van der Waals surface area contributed by atoms with E-state index in [2.05, 4.69) is 6.92 Å². The van der Waals surface area contributed by atoms with Gasteiger partial charge in [-0.25, -0.2) is 0 Å². The van der Waals surface area contributed by atoms with Crippen molar-refractivity contribution in [1.29, 1.82) is 0 Å². The summed E-state index contributed by atoms with van der Waals surface area (Å²) in [4.78, 5) is 10.9. The van der Waals surface area contributed by atoms with Crippen LogP contribution >= 0.6 is 0 Å². The van der Waals surface area contributed by atoms with Crippen LogP contribution in [0.25, 0.3) is 0 Å². The first-order valence-electron chi connectivity index (χ1n) is 5.18. The van der Waals surface area contributed by atoms with Crippen LogP contribution in [-0.4, -0.2) is 24.3 Å². The summed E-state index contributed by atoms with van der Waals surface area (Å²) >= 11 is 0. The van der Waals surface area contributed by atoms with Gasteiger partial charge in [0.05, 0.1) is 11.7 Å². The second-order valence-corrected chi connectivity index (χ2v) is 4.67. The predicted octanol–water partition coefficient (Wildman–Crippen LogP) is 2.14. The molecule has 1 aliphatic rings. The standard InChI is InChI=1S/C11H20O3/c1-8(5-6-9(2)12)10-11(3,4)14-7-13-10/h8,10H,5-7H2,1-4H3. The lowest BCUT2D eigenvalue weighted by Crippen LogP contribution is -2.37. The molecule has 0 aromatic rings. The molecule has 0 N–H and O–H groups in total. The fourth-order valence-corrected chi connectivity index (χ4v) is 1.97. The summed E-state index contributed by atoms with van der Waals surface area (Å²) in [7, 11) is 0. The molecule has 1 aliphatic heterocycles. The average Bonchev–Trinajstić information content (AvgIpc) is 2.41. The zero-order valence-corrected chi connectivity index (χ0v) is 9.50. The summed E-state index contributed by atoms with van der Waals surface area (Å²) in [5.41, 5.74) is -0.212. The third kappa shape index (κ3) is 2.79. The van der Waals surface area contributed by atoms with Crippen LogP contribution < -0.4 is 0 Å². The van der Waals surface area contributed by atoms with Crippen molar-refractivity contribution in [2.45, 2.75) is 52.2 Å². The SMILES string of the molecule is CC(=O)CCC(C)C1OCOC1(C)C. The monoisotopic (exact) mass is 200 g/mol. The van der Waals surface area contributed by atoms with E-state index < -0.39 is 0 Å². The lowest BCUT2D eigenvalue weighted by atomic mass is 9.88. The molecule has 0 saturated carbocycles. The molecular weight excluding hydrogens is 180 g/mol. The molecule has 14 heavy (non-hydrogen) atoms. The maximum absolute atomic E-state index is 10.9. The van der Waals surface area contributed by atoms with Crippen LogP contribution in [0, 0.1) is 5.92 Å². The van der Waals surface area contributed by atoms with Gasteiger partial charge in [0.1, 0.15) is 12.6 Å². The maximum atomic E-state index is 10.9. The van der Waals surface area contributed by atoms with Crippen LogP contribution in [0.1, 0.15) is 40.5 Å². The minimum absolute atomic E-state index is 0.113. The van der Waals surface area contributed by atoms with Crippen LogP contribution in [0.2, 0.25) is 0 Å². The quantitative estimate of drug-likeness (QED) is 0.697. The number of ketones is 1. The minimum atomic E-state index is -0.212. The highest BCUT2D eigenvalue weighted by Gasteiger charge is 2.40. The molecule has 3 heteroatoms. The van der Waals surface area contributed by atoms with Crippen LogP contribution in [0.4, 0.5) is 0 Å². The molecule has 2 atom stereocenters. The number of Topliss-reactive ketones (excluding diaryl/α,β-unsaturated/α-hetero) is 1. The fraction of sp³-hybridized carbons (Fsp3) is 0.909. The summed E-state index contributed by atoms with van der Waals surface area (Å²) in [5, 5.41) is 0. The smallest absolute Gasteiger partial charge is 0.148 e. The van der Waals surface area contributed by atoms with Crippen molar-refractivity contribution in [2.24, 2.45) is 5.92 Å². The Morgan fingerprint density at radius 1 is 1.57 bits per heavy atom. The Hall–Kier alpha value is -0.410. The van der Waals surface area contributed by atoms with Crippen molar-refractivity contribution in [3.8, 4) is 0 Å². The molecule has 0 aromatic heterocycles. The summed E-state index contributed by atoms with van der Waals surface area (Å²) in [6.45, 7) is 8.19. The van der Waals surface area contributed by atoms with Crippen LogP contribution in [-0.2, 0) is 14.3 Å². The number of ether oxygens (including phenoxy) is 2. The van der Waals surface area contributed by atoms with Crippen molar-refractivity contribution in [3.63, 3.8) is 0 Å². The number of rotatable bonds is 4. The third-order valence-electron chi connectivity index (χ3n) is 2.83. The maximum Gasteiger partial charge on any atom is 0.148 e. The molecule has 1 heterocycles. The van der Waals surface area contributed by atoms with Crippen molar-refractivity contribution < 1.29 is 14.3 Å². The molecule has 2 unspecified atom stereocenters. The second-order valence-electron chi connectivity index (χ2n) is 4.67. The number of hydrogen-bond donors (Lipinski definition) is 0. The molecule has 0 aromatic carbocycles. The normalized spacial score (nSPS) is 27.6. The van der Waals surface area contributed by atoms with Crippen molar-refractivity contribution in [2.75, 3.05) is 6.79 Å².